The Kier molecular flexibility index (Phi) is 4.54. The van der Waals surface area contributed by atoms with E-state index < -0.39 is 0 Å². The number of carbonyl (C=O) groups is 1. The Morgan fingerprint density at radius 1 is 1.08 bits per heavy atom. The van der Waals surface area contributed by atoms with Crippen LogP contribution in [0.2, 0.25) is 0 Å². The summed E-state index contributed by atoms with van der Waals surface area (Å²) in [5.74, 6) is 0.985. The van der Waals surface area contributed by atoms with Gasteiger partial charge in [0.1, 0.15) is 5.82 Å². The molecule has 0 saturated carbocycles. The zero-order valence-electron chi connectivity index (χ0n) is 14.3. The average molecular weight is 340 g/mol. The highest BCUT2D eigenvalue weighted by molar-refractivity contribution is 5.74. The zero-order valence-corrected chi connectivity index (χ0v) is 14.3. The number of piperidine rings is 1. The molecule has 1 N–H and O–H groups in total. The maximum atomic E-state index is 12.5. The van der Waals surface area contributed by atoms with Gasteiger partial charge in [0.2, 0.25) is 0 Å². The Bertz CT molecular complexity index is 681. The van der Waals surface area contributed by atoms with E-state index in [2.05, 4.69) is 20.3 Å². The third kappa shape index (κ3) is 3.60. The fraction of sp³-hybridized carbons (Fsp3) is 0.500. The molecule has 2 aromatic heterocycles. The third-order valence-corrected chi connectivity index (χ3v) is 5.14. The Labute approximate surface area is 147 Å². The molecule has 0 aliphatic carbocycles. The third-order valence-electron chi connectivity index (χ3n) is 5.14. The van der Waals surface area contributed by atoms with Crippen molar-refractivity contribution in [1.82, 2.24) is 25.0 Å². The van der Waals surface area contributed by atoms with E-state index in [1.165, 1.54) is 0 Å². The molecule has 4 rings (SSSR count). The summed E-state index contributed by atoms with van der Waals surface area (Å²) in [6.45, 7) is 3.33. The van der Waals surface area contributed by atoms with Crippen LogP contribution in [0.15, 0.2) is 42.9 Å². The first-order valence-corrected chi connectivity index (χ1v) is 9.00. The Hall–Kier alpha value is -2.57. The molecular formula is C18H24N6O. The highest BCUT2D eigenvalue weighted by Crippen LogP contribution is 2.22. The molecule has 7 nitrogen and oxygen atoms in total. The number of aromatic nitrogens is 3. The molecule has 2 amide bonds. The minimum Gasteiger partial charge on any atom is -0.354 e. The van der Waals surface area contributed by atoms with Gasteiger partial charge >= 0.3 is 6.03 Å². The van der Waals surface area contributed by atoms with Crippen LogP contribution in [0.5, 0.6) is 0 Å². The molecule has 4 heterocycles. The lowest BCUT2D eigenvalue weighted by Gasteiger charge is -2.32. The highest BCUT2D eigenvalue weighted by Gasteiger charge is 2.28. The van der Waals surface area contributed by atoms with Crippen molar-refractivity contribution in [3.05, 3.63) is 42.9 Å². The smallest absolute Gasteiger partial charge is 0.317 e. The van der Waals surface area contributed by atoms with Crippen LogP contribution in [0, 0.1) is 0 Å². The van der Waals surface area contributed by atoms with Crippen LogP contribution in [-0.2, 0) is 0 Å². The molecule has 2 fully saturated rings. The van der Waals surface area contributed by atoms with Crippen LogP contribution in [0.1, 0.15) is 25.3 Å². The van der Waals surface area contributed by atoms with Crippen molar-refractivity contribution in [3.63, 3.8) is 0 Å². The SMILES string of the molecule is O=C(N[C@@H]1CCN(c2ccccn2)C1)N1CCC(n2cccn2)CC1. The van der Waals surface area contributed by atoms with E-state index >= 15 is 0 Å². The first-order chi connectivity index (χ1) is 12.3. The summed E-state index contributed by atoms with van der Waals surface area (Å²) in [6.07, 6.45) is 8.51. The van der Waals surface area contributed by atoms with Crippen molar-refractivity contribution in [2.75, 3.05) is 31.1 Å². The lowest BCUT2D eigenvalue weighted by atomic mass is 10.1. The summed E-state index contributed by atoms with van der Waals surface area (Å²) in [5.41, 5.74) is 0. The highest BCUT2D eigenvalue weighted by atomic mass is 16.2. The normalized spacial score (nSPS) is 21.5. The van der Waals surface area contributed by atoms with E-state index in [9.17, 15) is 4.79 Å². The Morgan fingerprint density at radius 3 is 2.68 bits per heavy atom. The van der Waals surface area contributed by atoms with Crippen LogP contribution in [0.3, 0.4) is 0 Å². The van der Waals surface area contributed by atoms with Gasteiger partial charge in [0.15, 0.2) is 0 Å². The van der Waals surface area contributed by atoms with Gasteiger partial charge in [-0.05, 0) is 37.5 Å². The van der Waals surface area contributed by atoms with Gasteiger partial charge in [-0.2, -0.15) is 5.10 Å². The van der Waals surface area contributed by atoms with Crippen LogP contribution in [0.25, 0.3) is 0 Å². The van der Waals surface area contributed by atoms with E-state index in [0.717, 1.165) is 51.3 Å². The number of pyridine rings is 1. The molecule has 0 radical (unpaired) electrons. The zero-order chi connectivity index (χ0) is 17.1. The first-order valence-electron chi connectivity index (χ1n) is 9.00. The number of amides is 2. The summed E-state index contributed by atoms with van der Waals surface area (Å²) >= 11 is 0. The second-order valence-electron chi connectivity index (χ2n) is 6.77. The van der Waals surface area contributed by atoms with E-state index in [1.54, 1.807) is 0 Å². The van der Waals surface area contributed by atoms with Gasteiger partial charge in [0, 0.05) is 50.8 Å². The van der Waals surface area contributed by atoms with Crippen LogP contribution in [0.4, 0.5) is 10.6 Å². The molecule has 0 bridgehead atoms. The molecule has 1 atom stereocenters. The minimum absolute atomic E-state index is 0.0618. The number of carbonyl (C=O) groups excluding carboxylic acids is 1. The monoisotopic (exact) mass is 340 g/mol. The topological polar surface area (TPSA) is 66.3 Å². The molecule has 0 aromatic carbocycles. The Morgan fingerprint density at radius 2 is 1.96 bits per heavy atom. The van der Waals surface area contributed by atoms with Gasteiger partial charge < -0.3 is 15.1 Å². The number of likely N-dealkylation sites (tertiary alicyclic amines) is 1. The number of urea groups is 1. The average Bonchev–Trinajstić information content (AvgIpc) is 3.35. The van der Waals surface area contributed by atoms with Crippen molar-refractivity contribution < 1.29 is 4.79 Å². The molecule has 2 saturated heterocycles. The quantitative estimate of drug-likeness (QED) is 0.927. The van der Waals surface area contributed by atoms with Crippen molar-refractivity contribution in [3.8, 4) is 0 Å². The summed E-state index contributed by atoms with van der Waals surface area (Å²) in [5, 5.41) is 7.51. The lowest BCUT2D eigenvalue weighted by molar-refractivity contribution is 0.166. The van der Waals surface area contributed by atoms with Gasteiger partial charge in [-0.15, -0.1) is 0 Å². The van der Waals surface area contributed by atoms with Gasteiger partial charge in [0.05, 0.1) is 6.04 Å². The predicted molar refractivity (Wildman–Crippen MR) is 95.5 cm³/mol. The van der Waals surface area contributed by atoms with Crippen LogP contribution >= 0.6 is 0 Å². The lowest BCUT2D eigenvalue weighted by Crippen LogP contribution is -2.48. The molecule has 2 aliphatic heterocycles. The van der Waals surface area contributed by atoms with Gasteiger partial charge in [0.25, 0.3) is 0 Å². The standard InChI is InChI=1S/C18H24N6O/c25-18(22-12-6-16(7-13-22)24-10-3-9-20-24)21-15-5-11-23(14-15)17-4-1-2-8-19-17/h1-4,8-10,15-16H,5-7,11-14H2,(H,21,25)/t15-/m1/s1. The predicted octanol–water partition coefficient (Wildman–Crippen LogP) is 1.90. The van der Waals surface area contributed by atoms with E-state index in [4.69, 9.17) is 0 Å². The molecule has 0 unspecified atom stereocenters. The summed E-state index contributed by atoms with van der Waals surface area (Å²) in [7, 11) is 0. The van der Waals surface area contributed by atoms with Crippen molar-refractivity contribution in [2.24, 2.45) is 0 Å². The maximum Gasteiger partial charge on any atom is 0.317 e. The van der Waals surface area contributed by atoms with E-state index in [0.29, 0.717) is 6.04 Å². The number of nitrogens with zero attached hydrogens (tertiary/aromatic N) is 5. The fourth-order valence-electron chi connectivity index (χ4n) is 3.72. The molecule has 0 spiro atoms. The number of nitrogens with one attached hydrogen (secondary N) is 1. The van der Waals surface area contributed by atoms with Gasteiger partial charge in [-0.3, -0.25) is 4.68 Å². The number of anilines is 1. The summed E-state index contributed by atoms with van der Waals surface area (Å²) in [4.78, 5) is 21.1. The van der Waals surface area contributed by atoms with E-state index in [1.807, 2.05) is 52.4 Å². The molecule has 132 valence electrons. The van der Waals surface area contributed by atoms with Gasteiger partial charge in [-0.25, -0.2) is 9.78 Å². The first kappa shape index (κ1) is 15.9. The molecule has 25 heavy (non-hydrogen) atoms. The molecule has 2 aliphatic rings. The van der Waals surface area contributed by atoms with Crippen molar-refractivity contribution in [1.29, 1.82) is 0 Å². The molecule has 2 aromatic rings. The second-order valence-corrected chi connectivity index (χ2v) is 6.77. The van der Waals surface area contributed by atoms with Crippen molar-refractivity contribution in [2.45, 2.75) is 31.3 Å². The van der Waals surface area contributed by atoms with Gasteiger partial charge in [-0.1, -0.05) is 6.07 Å². The number of rotatable bonds is 3. The largest absolute Gasteiger partial charge is 0.354 e. The number of hydrogen-bond donors (Lipinski definition) is 1. The van der Waals surface area contributed by atoms with Crippen molar-refractivity contribution >= 4 is 11.8 Å². The van der Waals surface area contributed by atoms with Crippen LogP contribution < -0.4 is 10.2 Å². The number of hydrogen-bond acceptors (Lipinski definition) is 4. The molecular weight excluding hydrogens is 316 g/mol. The maximum absolute atomic E-state index is 12.5. The summed E-state index contributed by atoms with van der Waals surface area (Å²) in [6, 6.07) is 8.55. The second kappa shape index (κ2) is 7.13. The minimum atomic E-state index is 0.0618. The van der Waals surface area contributed by atoms with Crippen LogP contribution in [-0.4, -0.2) is 57.9 Å². The fourth-order valence-corrected chi connectivity index (χ4v) is 3.72. The van der Waals surface area contributed by atoms with E-state index in [-0.39, 0.29) is 12.1 Å². The Balaban J connectivity index is 1.26. The summed E-state index contributed by atoms with van der Waals surface area (Å²) < 4.78 is 2.01. The molecule has 7 heteroatoms.